The molecule has 0 spiro atoms. The van der Waals surface area contributed by atoms with Crippen LogP contribution in [0.5, 0.6) is 0 Å². The van der Waals surface area contributed by atoms with E-state index in [9.17, 15) is 10.1 Å². The molecule has 3 rings (SSSR count). The normalized spacial score (nSPS) is 10.8. The van der Waals surface area contributed by atoms with Crippen LogP contribution in [0.25, 0.3) is 22.2 Å². The third kappa shape index (κ3) is 2.45. The molecule has 0 saturated carbocycles. The average Bonchev–Trinajstić information content (AvgIpc) is 2.47. The maximum Gasteiger partial charge on any atom is 0.278 e. The Kier molecular flexibility index (Phi) is 3.31. The van der Waals surface area contributed by atoms with Gasteiger partial charge in [0.2, 0.25) is 0 Å². The van der Waals surface area contributed by atoms with Crippen molar-refractivity contribution in [1.29, 1.82) is 0 Å². The molecule has 2 aromatic carbocycles. The maximum absolute atomic E-state index is 11.1. The van der Waals surface area contributed by atoms with Gasteiger partial charge in [-0.1, -0.05) is 35.4 Å². The van der Waals surface area contributed by atoms with Crippen LogP contribution in [0.4, 0.5) is 5.69 Å². The fourth-order valence-electron chi connectivity index (χ4n) is 2.29. The predicted octanol–water partition coefficient (Wildman–Crippen LogP) is 4.77. The van der Waals surface area contributed by atoms with E-state index < -0.39 is 4.92 Å². The molecule has 0 bridgehead atoms. The van der Waals surface area contributed by atoms with Gasteiger partial charge in [-0.2, -0.15) is 0 Å². The minimum Gasteiger partial charge on any atom is -0.258 e. The lowest BCUT2D eigenvalue weighted by atomic mass is 10.1. The second kappa shape index (κ2) is 5.14. The second-order valence-electron chi connectivity index (χ2n) is 4.78. The first-order chi connectivity index (χ1) is 10.1. The zero-order chi connectivity index (χ0) is 15.0. The van der Waals surface area contributed by atoms with Crippen LogP contribution in [0.15, 0.2) is 48.5 Å². The summed E-state index contributed by atoms with van der Waals surface area (Å²) in [4.78, 5) is 15.2. The Balaban J connectivity index is 2.27. The number of nitro groups is 1. The number of halogens is 1. The molecule has 104 valence electrons. The highest BCUT2D eigenvalue weighted by molar-refractivity contribution is 6.35. The highest BCUT2D eigenvalue weighted by atomic mass is 35.5. The Morgan fingerprint density at radius 1 is 1.14 bits per heavy atom. The molecule has 4 nitrogen and oxygen atoms in total. The summed E-state index contributed by atoms with van der Waals surface area (Å²) in [5.74, 6) is 0. The summed E-state index contributed by atoms with van der Waals surface area (Å²) in [7, 11) is 0. The number of para-hydroxylation sites is 1. The summed E-state index contributed by atoms with van der Waals surface area (Å²) < 4.78 is 0. The monoisotopic (exact) mass is 298 g/mol. The summed E-state index contributed by atoms with van der Waals surface area (Å²) in [6.07, 6.45) is 0. The molecule has 0 radical (unpaired) electrons. The van der Waals surface area contributed by atoms with E-state index in [2.05, 4.69) is 4.98 Å². The van der Waals surface area contributed by atoms with E-state index in [1.807, 2.05) is 25.1 Å². The van der Waals surface area contributed by atoms with Crippen molar-refractivity contribution in [3.63, 3.8) is 0 Å². The zero-order valence-corrected chi connectivity index (χ0v) is 12.0. The fourth-order valence-corrected chi connectivity index (χ4v) is 2.54. The van der Waals surface area contributed by atoms with Crippen molar-refractivity contribution in [2.24, 2.45) is 0 Å². The van der Waals surface area contributed by atoms with Crippen molar-refractivity contribution < 1.29 is 4.92 Å². The first-order valence-corrected chi connectivity index (χ1v) is 6.75. The number of fused-ring (bicyclic) bond motifs is 1. The first kappa shape index (κ1) is 13.5. The van der Waals surface area contributed by atoms with E-state index in [0.717, 1.165) is 16.5 Å². The number of hydrogen-bond donors (Lipinski definition) is 0. The molecule has 5 heteroatoms. The van der Waals surface area contributed by atoms with Crippen molar-refractivity contribution in [3.05, 3.63) is 69.2 Å². The Labute approximate surface area is 126 Å². The van der Waals surface area contributed by atoms with E-state index in [1.54, 1.807) is 24.3 Å². The standard InChI is InChI=1S/C16H11ClN2O2/c1-10-6-7-14-12(8-10)13(17)9-15(18-14)11-4-2-3-5-16(11)19(20)21/h2-9H,1H3. The minimum atomic E-state index is -0.412. The smallest absolute Gasteiger partial charge is 0.258 e. The van der Waals surface area contributed by atoms with Crippen LogP contribution >= 0.6 is 11.6 Å². The molecular weight excluding hydrogens is 288 g/mol. The number of benzene rings is 2. The van der Waals surface area contributed by atoms with Crippen LogP contribution in [-0.2, 0) is 0 Å². The lowest BCUT2D eigenvalue weighted by molar-refractivity contribution is -0.384. The maximum atomic E-state index is 11.1. The van der Waals surface area contributed by atoms with Crippen LogP contribution in [-0.4, -0.2) is 9.91 Å². The lowest BCUT2D eigenvalue weighted by Gasteiger charge is -2.07. The van der Waals surface area contributed by atoms with E-state index in [1.165, 1.54) is 6.07 Å². The Hall–Kier alpha value is -2.46. The molecule has 1 heterocycles. The summed E-state index contributed by atoms with van der Waals surface area (Å²) in [5, 5.41) is 12.5. The molecule has 3 aromatic rings. The topological polar surface area (TPSA) is 56.0 Å². The number of aryl methyl sites for hydroxylation is 1. The van der Waals surface area contributed by atoms with Gasteiger partial charge in [0.1, 0.15) is 0 Å². The second-order valence-corrected chi connectivity index (χ2v) is 5.19. The number of nitrogens with zero attached hydrogens (tertiary/aromatic N) is 2. The van der Waals surface area contributed by atoms with Crippen molar-refractivity contribution in [2.75, 3.05) is 0 Å². The molecule has 21 heavy (non-hydrogen) atoms. The molecular formula is C16H11ClN2O2. The van der Waals surface area contributed by atoms with E-state index in [4.69, 9.17) is 11.6 Å². The third-order valence-electron chi connectivity index (χ3n) is 3.29. The SMILES string of the molecule is Cc1ccc2nc(-c3ccccc3[N+](=O)[O-])cc(Cl)c2c1. The quantitative estimate of drug-likeness (QED) is 0.505. The molecule has 0 aliphatic heterocycles. The third-order valence-corrected chi connectivity index (χ3v) is 3.60. The van der Waals surface area contributed by atoms with Gasteiger partial charge in [0, 0.05) is 11.5 Å². The van der Waals surface area contributed by atoms with Gasteiger partial charge in [-0.3, -0.25) is 10.1 Å². The summed E-state index contributed by atoms with van der Waals surface area (Å²) in [6.45, 7) is 1.98. The Bertz CT molecular complexity index is 862. The van der Waals surface area contributed by atoms with Gasteiger partial charge >= 0.3 is 0 Å². The molecule has 0 fully saturated rings. The van der Waals surface area contributed by atoms with E-state index in [-0.39, 0.29) is 5.69 Å². The van der Waals surface area contributed by atoms with Gasteiger partial charge in [0.05, 0.1) is 26.7 Å². The lowest BCUT2D eigenvalue weighted by Crippen LogP contribution is -1.94. The molecule has 0 amide bonds. The minimum absolute atomic E-state index is 0.0209. The average molecular weight is 299 g/mol. The number of rotatable bonds is 2. The molecule has 0 atom stereocenters. The predicted molar refractivity (Wildman–Crippen MR) is 83.6 cm³/mol. The van der Waals surface area contributed by atoms with Crippen LogP contribution in [0, 0.1) is 17.0 Å². The van der Waals surface area contributed by atoms with Crippen molar-refractivity contribution in [3.8, 4) is 11.3 Å². The Morgan fingerprint density at radius 2 is 1.90 bits per heavy atom. The molecule has 0 aliphatic rings. The molecule has 1 aromatic heterocycles. The summed E-state index contributed by atoms with van der Waals surface area (Å²) >= 11 is 6.31. The van der Waals surface area contributed by atoms with Crippen LogP contribution in [0.3, 0.4) is 0 Å². The van der Waals surface area contributed by atoms with Crippen molar-refractivity contribution in [1.82, 2.24) is 4.98 Å². The van der Waals surface area contributed by atoms with Crippen LogP contribution in [0.1, 0.15) is 5.56 Å². The number of aromatic nitrogens is 1. The zero-order valence-electron chi connectivity index (χ0n) is 11.2. The van der Waals surface area contributed by atoms with Crippen molar-refractivity contribution >= 4 is 28.2 Å². The van der Waals surface area contributed by atoms with Gasteiger partial charge in [-0.25, -0.2) is 4.98 Å². The largest absolute Gasteiger partial charge is 0.278 e. The fraction of sp³-hybridized carbons (Fsp3) is 0.0625. The molecule has 0 unspecified atom stereocenters. The Morgan fingerprint density at radius 3 is 2.67 bits per heavy atom. The van der Waals surface area contributed by atoms with E-state index in [0.29, 0.717) is 16.3 Å². The summed E-state index contributed by atoms with van der Waals surface area (Å²) in [5.41, 5.74) is 2.80. The highest BCUT2D eigenvalue weighted by Crippen LogP contribution is 2.33. The number of nitro benzene ring substituents is 1. The van der Waals surface area contributed by atoms with Crippen LogP contribution < -0.4 is 0 Å². The van der Waals surface area contributed by atoms with Gasteiger partial charge in [0.15, 0.2) is 0 Å². The first-order valence-electron chi connectivity index (χ1n) is 6.37. The molecule has 0 N–H and O–H groups in total. The van der Waals surface area contributed by atoms with Gasteiger partial charge < -0.3 is 0 Å². The van der Waals surface area contributed by atoms with Crippen LogP contribution in [0.2, 0.25) is 5.02 Å². The van der Waals surface area contributed by atoms with Crippen molar-refractivity contribution in [2.45, 2.75) is 6.92 Å². The number of pyridine rings is 1. The summed E-state index contributed by atoms with van der Waals surface area (Å²) in [6, 6.07) is 14.0. The number of hydrogen-bond acceptors (Lipinski definition) is 3. The van der Waals surface area contributed by atoms with Gasteiger partial charge in [-0.15, -0.1) is 0 Å². The van der Waals surface area contributed by atoms with E-state index >= 15 is 0 Å². The molecule has 0 aliphatic carbocycles. The van der Waals surface area contributed by atoms with Gasteiger partial charge in [-0.05, 0) is 31.2 Å². The molecule has 0 saturated heterocycles. The highest BCUT2D eigenvalue weighted by Gasteiger charge is 2.16. The van der Waals surface area contributed by atoms with Gasteiger partial charge in [0.25, 0.3) is 5.69 Å².